The third-order valence-corrected chi connectivity index (χ3v) is 2.34. The largest absolute Gasteiger partial charge is 0.433 e. The van der Waals surface area contributed by atoms with Crippen LogP contribution in [0.4, 0.5) is 30.6 Å². The number of nitriles is 1. The highest BCUT2D eigenvalue weighted by Gasteiger charge is 2.33. The van der Waals surface area contributed by atoms with E-state index in [9.17, 15) is 13.2 Å². The van der Waals surface area contributed by atoms with Gasteiger partial charge in [-0.2, -0.15) is 23.4 Å². The van der Waals surface area contributed by atoms with Crippen LogP contribution in [-0.4, -0.2) is 9.97 Å². The Balaban J connectivity index is 2.40. The molecule has 1 heterocycles. The first-order valence-electron chi connectivity index (χ1n) is 5.38. The van der Waals surface area contributed by atoms with Crippen LogP contribution >= 0.6 is 0 Å². The van der Waals surface area contributed by atoms with Crippen molar-refractivity contribution in [1.29, 1.82) is 5.26 Å². The van der Waals surface area contributed by atoms with E-state index in [0.717, 1.165) is 6.07 Å². The molecule has 8 heteroatoms. The number of nitrogens with zero attached hydrogens (tertiary/aromatic N) is 3. The highest BCUT2D eigenvalue weighted by molar-refractivity contribution is 5.64. The lowest BCUT2D eigenvalue weighted by Crippen LogP contribution is -2.12. The molecule has 0 atom stereocenters. The number of hydrogen-bond acceptors (Lipinski definition) is 5. The fourth-order valence-electron chi connectivity index (χ4n) is 1.50. The Morgan fingerprint density at radius 2 is 1.90 bits per heavy atom. The molecule has 0 saturated carbocycles. The molecule has 0 bridgehead atoms. The fraction of sp³-hybridized carbons (Fsp3) is 0.0833. The normalized spacial score (nSPS) is 10.9. The van der Waals surface area contributed by atoms with Crippen LogP contribution in [-0.2, 0) is 6.18 Å². The summed E-state index contributed by atoms with van der Waals surface area (Å²) in [6.45, 7) is 0. The van der Waals surface area contributed by atoms with Crippen molar-refractivity contribution in [2.24, 2.45) is 0 Å². The Morgan fingerprint density at radius 1 is 1.20 bits per heavy atom. The molecule has 0 amide bonds. The maximum atomic E-state index is 12.6. The van der Waals surface area contributed by atoms with Crippen molar-refractivity contribution in [3.8, 4) is 6.07 Å². The summed E-state index contributed by atoms with van der Waals surface area (Å²) in [6.07, 6.45) is -4.62. The number of alkyl halides is 3. The maximum absolute atomic E-state index is 12.6. The topological polar surface area (TPSA) is 87.6 Å². The van der Waals surface area contributed by atoms with Gasteiger partial charge in [-0.05, 0) is 12.1 Å². The average Bonchev–Trinajstić information content (AvgIpc) is 2.37. The van der Waals surface area contributed by atoms with E-state index in [1.54, 1.807) is 18.2 Å². The highest BCUT2D eigenvalue weighted by Crippen LogP contribution is 2.30. The molecule has 0 aliphatic heterocycles. The predicted octanol–water partition coefficient (Wildman–Crippen LogP) is 2.69. The molecule has 0 radical (unpaired) electrons. The molecule has 20 heavy (non-hydrogen) atoms. The minimum Gasteiger partial charge on any atom is -0.368 e. The van der Waals surface area contributed by atoms with Crippen molar-refractivity contribution >= 4 is 17.5 Å². The zero-order valence-corrected chi connectivity index (χ0v) is 9.94. The zero-order valence-electron chi connectivity index (χ0n) is 9.94. The second-order valence-electron chi connectivity index (χ2n) is 3.78. The molecule has 5 nitrogen and oxygen atoms in total. The molecule has 1 aromatic carbocycles. The Kier molecular flexibility index (Phi) is 3.43. The number of nitrogen functional groups attached to an aromatic ring is 1. The van der Waals surface area contributed by atoms with E-state index >= 15 is 0 Å². The van der Waals surface area contributed by atoms with Gasteiger partial charge in [0.05, 0.1) is 11.3 Å². The van der Waals surface area contributed by atoms with Gasteiger partial charge in [-0.3, -0.25) is 0 Å². The van der Waals surface area contributed by atoms with Crippen molar-refractivity contribution in [2.75, 3.05) is 11.1 Å². The van der Waals surface area contributed by atoms with E-state index in [-0.39, 0.29) is 11.4 Å². The Labute approximate surface area is 111 Å². The molecule has 0 saturated heterocycles. The van der Waals surface area contributed by atoms with Gasteiger partial charge in [0, 0.05) is 6.07 Å². The number of rotatable bonds is 2. The van der Waals surface area contributed by atoms with Crippen molar-refractivity contribution in [1.82, 2.24) is 9.97 Å². The van der Waals surface area contributed by atoms with Gasteiger partial charge in [0.2, 0.25) is 5.95 Å². The van der Waals surface area contributed by atoms with Crippen LogP contribution in [0.15, 0.2) is 30.3 Å². The molecule has 0 aliphatic carbocycles. The smallest absolute Gasteiger partial charge is 0.368 e. The number of nitrogens with two attached hydrogens (primary N) is 1. The fourth-order valence-corrected chi connectivity index (χ4v) is 1.50. The van der Waals surface area contributed by atoms with Crippen LogP contribution in [0.5, 0.6) is 0 Å². The second kappa shape index (κ2) is 5.05. The van der Waals surface area contributed by atoms with E-state index in [1.807, 2.05) is 6.07 Å². The molecule has 0 spiro atoms. The third kappa shape index (κ3) is 2.95. The summed E-state index contributed by atoms with van der Waals surface area (Å²) in [7, 11) is 0. The first-order chi connectivity index (χ1) is 9.40. The van der Waals surface area contributed by atoms with Gasteiger partial charge in [0.15, 0.2) is 5.69 Å². The van der Waals surface area contributed by atoms with Crippen LogP contribution in [0.3, 0.4) is 0 Å². The monoisotopic (exact) mass is 279 g/mol. The van der Waals surface area contributed by atoms with E-state index in [4.69, 9.17) is 11.0 Å². The van der Waals surface area contributed by atoms with Gasteiger partial charge in [-0.25, -0.2) is 4.98 Å². The van der Waals surface area contributed by atoms with Crippen molar-refractivity contribution in [2.45, 2.75) is 6.18 Å². The van der Waals surface area contributed by atoms with Gasteiger partial charge in [-0.1, -0.05) is 12.1 Å². The molecule has 102 valence electrons. The summed E-state index contributed by atoms with van der Waals surface area (Å²) >= 11 is 0. The lowest BCUT2D eigenvalue weighted by Gasteiger charge is -2.11. The van der Waals surface area contributed by atoms with Crippen molar-refractivity contribution in [3.63, 3.8) is 0 Å². The zero-order chi connectivity index (χ0) is 14.8. The summed E-state index contributed by atoms with van der Waals surface area (Å²) in [5.41, 5.74) is 4.71. The third-order valence-electron chi connectivity index (χ3n) is 2.34. The van der Waals surface area contributed by atoms with Gasteiger partial charge in [0.1, 0.15) is 11.9 Å². The maximum Gasteiger partial charge on any atom is 0.433 e. The summed E-state index contributed by atoms with van der Waals surface area (Å²) < 4.78 is 37.8. The van der Waals surface area contributed by atoms with Gasteiger partial charge < -0.3 is 11.1 Å². The Hall–Kier alpha value is -2.82. The molecule has 0 fully saturated rings. The summed E-state index contributed by atoms with van der Waals surface area (Å²) in [4.78, 5) is 6.79. The first kappa shape index (κ1) is 13.6. The van der Waals surface area contributed by atoms with E-state index < -0.39 is 17.8 Å². The minimum absolute atomic E-state index is 0.132. The van der Waals surface area contributed by atoms with Gasteiger partial charge in [0.25, 0.3) is 0 Å². The molecule has 1 aromatic heterocycles. The number of halogens is 3. The van der Waals surface area contributed by atoms with Crippen molar-refractivity contribution < 1.29 is 13.2 Å². The number of benzene rings is 1. The van der Waals surface area contributed by atoms with Crippen LogP contribution in [0.2, 0.25) is 0 Å². The number of para-hydroxylation sites is 1. The second-order valence-corrected chi connectivity index (χ2v) is 3.78. The average molecular weight is 279 g/mol. The summed E-state index contributed by atoms with van der Waals surface area (Å²) in [6, 6.07) is 8.99. The number of nitrogens with one attached hydrogen (secondary N) is 1. The summed E-state index contributed by atoms with van der Waals surface area (Å²) in [5.74, 6) is -0.635. The molecule has 2 aromatic rings. The minimum atomic E-state index is -4.62. The highest BCUT2D eigenvalue weighted by atomic mass is 19.4. The standard InChI is InChI=1S/C12H8F3N5/c13-12(14,15)9-5-10(20-11(17)19-9)18-8-4-2-1-3-7(8)6-16/h1-5H,(H3,17,18,19,20). The van der Waals surface area contributed by atoms with Crippen LogP contribution in [0, 0.1) is 11.3 Å². The van der Waals surface area contributed by atoms with Crippen LogP contribution in [0.25, 0.3) is 0 Å². The lowest BCUT2D eigenvalue weighted by atomic mass is 10.2. The van der Waals surface area contributed by atoms with Gasteiger partial charge >= 0.3 is 6.18 Å². The number of hydrogen-bond donors (Lipinski definition) is 2. The Bertz CT molecular complexity index is 676. The Morgan fingerprint density at radius 3 is 2.55 bits per heavy atom. The molecule has 0 unspecified atom stereocenters. The molecular formula is C12H8F3N5. The van der Waals surface area contributed by atoms with E-state index in [0.29, 0.717) is 5.69 Å². The summed E-state index contributed by atoms with van der Waals surface area (Å²) in [5, 5.41) is 11.5. The van der Waals surface area contributed by atoms with E-state index in [2.05, 4.69) is 15.3 Å². The number of aromatic nitrogens is 2. The quantitative estimate of drug-likeness (QED) is 0.882. The lowest BCUT2D eigenvalue weighted by molar-refractivity contribution is -0.141. The predicted molar refractivity (Wildman–Crippen MR) is 65.9 cm³/mol. The molecule has 0 aliphatic rings. The van der Waals surface area contributed by atoms with Crippen molar-refractivity contribution in [3.05, 3.63) is 41.6 Å². The molecule has 2 rings (SSSR count). The number of anilines is 3. The van der Waals surface area contributed by atoms with Crippen LogP contribution in [0.1, 0.15) is 11.3 Å². The van der Waals surface area contributed by atoms with Crippen LogP contribution < -0.4 is 11.1 Å². The molecular weight excluding hydrogens is 271 g/mol. The SMILES string of the molecule is N#Cc1ccccc1Nc1cc(C(F)(F)F)nc(N)n1. The first-order valence-corrected chi connectivity index (χ1v) is 5.38. The van der Waals surface area contributed by atoms with Gasteiger partial charge in [-0.15, -0.1) is 0 Å². The van der Waals surface area contributed by atoms with E-state index in [1.165, 1.54) is 6.07 Å². The molecule has 3 N–H and O–H groups in total.